The number of rotatable bonds is 8. The standard InChI is InChI=1S/C30H50NP2.2C4H11Si.Sc/c1-5-13-27(14-6-1)32(28-15-7-2-8-16-28)23-25-21-22-26(31-25)24-33(29-17-9-3-10-18-29)30-19-11-4-12-20-30;2*1-5(2,3)4;/h21-22,27-30H,1-20,23-24H2;2*1H2,2-4H3;/q3*-1;+3/p+2. The zero-order chi connectivity index (χ0) is 31.3. The summed E-state index contributed by atoms with van der Waals surface area (Å²) in [6.45, 7) is 21.1. The molecule has 4 aliphatic rings. The molecule has 0 aliphatic heterocycles. The molecule has 0 N–H and O–H groups in total. The van der Waals surface area contributed by atoms with Crippen molar-refractivity contribution in [3.8, 4) is 0 Å². The van der Waals surface area contributed by atoms with Crippen molar-refractivity contribution < 1.29 is 25.8 Å². The van der Waals surface area contributed by atoms with Crippen LogP contribution in [0.25, 0.3) is 0 Å². The molecule has 0 radical (unpaired) electrons. The molecule has 1 aromatic heterocycles. The summed E-state index contributed by atoms with van der Waals surface area (Å²) < 4.78 is 0. The third-order valence-electron chi connectivity index (χ3n) is 10.0. The quantitative estimate of drug-likeness (QED) is 0.149. The fourth-order valence-corrected chi connectivity index (χ4v) is 16.5. The smallest absolute Gasteiger partial charge is 0.659 e. The van der Waals surface area contributed by atoms with Crippen LogP contribution in [0.2, 0.25) is 39.3 Å². The molecule has 4 saturated carbocycles. The fraction of sp³-hybridized carbons (Fsp3) is 0.842. The number of hydrogen-bond donors (Lipinski definition) is 0. The molecule has 0 saturated heterocycles. The van der Waals surface area contributed by atoms with Gasteiger partial charge < -0.3 is 18.1 Å². The molecule has 6 heteroatoms. The van der Waals surface area contributed by atoms with Crippen LogP contribution < -0.4 is 4.98 Å². The van der Waals surface area contributed by atoms with E-state index in [9.17, 15) is 0 Å². The summed E-state index contributed by atoms with van der Waals surface area (Å²) in [6.07, 6.45) is 33.3. The molecule has 0 bridgehead atoms. The molecule has 4 aliphatic carbocycles. The van der Waals surface area contributed by atoms with Gasteiger partial charge in [0.15, 0.2) is 0 Å². The van der Waals surface area contributed by atoms with Crippen LogP contribution in [0.4, 0.5) is 0 Å². The predicted molar refractivity (Wildman–Crippen MR) is 209 cm³/mol. The molecule has 0 amide bonds. The molecule has 0 spiro atoms. The summed E-state index contributed by atoms with van der Waals surface area (Å²) in [7, 11) is -2.34. The van der Waals surface area contributed by atoms with E-state index in [1.807, 2.05) is 0 Å². The third kappa shape index (κ3) is 17.7. The Morgan fingerprint density at radius 3 is 0.909 bits per heavy atom. The first kappa shape index (κ1) is 41.6. The van der Waals surface area contributed by atoms with Crippen LogP contribution in [-0.2, 0) is 38.2 Å². The van der Waals surface area contributed by atoms with E-state index in [1.165, 1.54) is 101 Å². The molecular weight excluding hydrogens is 634 g/mol. The van der Waals surface area contributed by atoms with Crippen LogP contribution in [0.3, 0.4) is 0 Å². The van der Waals surface area contributed by atoms with Gasteiger partial charge in [0.25, 0.3) is 0 Å². The number of nitrogens with zero attached hydrogens (tertiary/aromatic N) is 1. The first-order valence-electron chi connectivity index (χ1n) is 18.9. The van der Waals surface area contributed by atoms with Gasteiger partial charge in [0, 0.05) is 15.8 Å². The van der Waals surface area contributed by atoms with E-state index in [0.29, 0.717) is 0 Å². The van der Waals surface area contributed by atoms with Gasteiger partial charge in [-0.05, 0) is 103 Å². The van der Waals surface area contributed by atoms with Crippen molar-refractivity contribution in [2.45, 2.75) is 203 Å². The molecule has 0 unspecified atom stereocenters. The van der Waals surface area contributed by atoms with Crippen molar-refractivity contribution in [3.05, 3.63) is 36.6 Å². The van der Waals surface area contributed by atoms with Gasteiger partial charge in [0.2, 0.25) is 0 Å². The third-order valence-corrected chi connectivity index (χ3v) is 18.1. The minimum atomic E-state index is -0.861. The Bertz CT molecular complexity index is 738. The van der Waals surface area contributed by atoms with Gasteiger partial charge in [-0.2, -0.15) is 0 Å². The summed E-state index contributed by atoms with van der Waals surface area (Å²) in [6, 6.07) is 4.99. The number of aromatic nitrogens is 1. The summed E-state index contributed by atoms with van der Waals surface area (Å²) in [4.78, 5) is 5.42. The molecule has 5 rings (SSSR count). The zero-order valence-corrected chi connectivity index (χ0v) is 36.3. The SMILES string of the molecule is [CH2-][Si](C)(C)C.[CH2-][Si](C)(C)C.[Sc+3].c1cc(C[PH+](C2CCCCC2)C2CCCCC2)[n-]c1C[PH+](C1CCCCC1)C1CCCCC1. The average Bonchev–Trinajstić information content (AvgIpc) is 3.42. The van der Waals surface area contributed by atoms with E-state index in [1.54, 1.807) is 51.4 Å². The molecule has 44 heavy (non-hydrogen) atoms. The van der Waals surface area contributed by atoms with Crippen molar-refractivity contribution in [1.82, 2.24) is 4.98 Å². The predicted octanol–water partition coefficient (Wildman–Crippen LogP) is 12.8. The Balaban J connectivity index is 0.000000535. The maximum absolute atomic E-state index is 5.42. The maximum Gasteiger partial charge on any atom is 3.00 e. The topological polar surface area (TPSA) is 14.1 Å². The second kappa shape index (κ2) is 21.5. The van der Waals surface area contributed by atoms with Crippen LogP contribution in [0.15, 0.2) is 12.1 Å². The van der Waals surface area contributed by atoms with E-state index in [-0.39, 0.29) is 41.7 Å². The molecule has 0 aromatic carbocycles. The summed E-state index contributed by atoms with van der Waals surface area (Å²) in [5.74, 6) is 0. The first-order chi connectivity index (χ1) is 20.4. The van der Waals surface area contributed by atoms with E-state index in [4.69, 9.17) is 4.98 Å². The van der Waals surface area contributed by atoms with E-state index in [0.717, 1.165) is 22.6 Å². The average molecular weight is 708 g/mol. The van der Waals surface area contributed by atoms with Crippen molar-refractivity contribution in [3.63, 3.8) is 0 Å². The van der Waals surface area contributed by atoms with Crippen molar-refractivity contribution >= 4 is 32.0 Å². The minimum Gasteiger partial charge on any atom is -0.659 e. The van der Waals surface area contributed by atoms with Crippen molar-refractivity contribution in [2.75, 3.05) is 0 Å². The maximum atomic E-state index is 5.42. The van der Waals surface area contributed by atoms with Crippen molar-refractivity contribution in [2.24, 2.45) is 0 Å². The minimum absolute atomic E-state index is 0. The molecule has 0 atom stereocenters. The monoisotopic (exact) mass is 707 g/mol. The largest absolute Gasteiger partial charge is 3.00 e. The van der Waals surface area contributed by atoms with Gasteiger partial charge in [0.1, 0.15) is 0 Å². The van der Waals surface area contributed by atoms with Gasteiger partial charge >= 0.3 is 25.8 Å². The molecule has 250 valence electrons. The molecule has 4 fully saturated rings. The van der Waals surface area contributed by atoms with Crippen LogP contribution in [-0.4, -0.2) is 38.8 Å². The molecular formula is C38H74NP2ScSi2+2. The molecule has 1 heterocycles. The normalized spacial score (nSPS) is 21.7. The van der Waals surface area contributed by atoms with E-state index in [2.05, 4.69) is 64.5 Å². The molecule has 1 aromatic rings. The number of hydrogen-bond acceptors (Lipinski definition) is 0. The Labute approximate surface area is 300 Å². The van der Waals surface area contributed by atoms with Gasteiger partial charge in [-0.15, -0.1) is 27.5 Å². The summed E-state index contributed by atoms with van der Waals surface area (Å²) in [5.41, 5.74) is 7.41. The van der Waals surface area contributed by atoms with Gasteiger partial charge in [-0.1, -0.05) is 77.1 Å². The Kier molecular flexibility index (Phi) is 20.3. The Morgan fingerprint density at radius 2 is 0.705 bits per heavy atom. The Hall–Kier alpha value is 1.44. The van der Waals surface area contributed by atoms with E-state index >= 15 is 0 Å². The zero-order valence-electron chi connectivity index (χ0n) is 30.5. The van der Waals surface area contributed by atoms with Crippen LogP contribution >= 0.6 is 15.8 Å². The van der Waals surface area contributed by atoms with Gasteiger partial charge in [-0.3, -0.25) is 0 Å². The van der Waals surface area contributed by atoms with Crippen LogP contribution in [0, 0.1) is 13.1 Å². The van der Waals surface area contributed by atoms with Gasteiger partial charge in [0.05, 0.1) is 35.0 Å². The summed E-state index contributed by atoms with van der Waals surface area (Å²) in [5, 5.41) is 0. The van der Waals surface area contributed by atoms with Crippen LogP contribution in [0.1, 0.15) is 140 Å². The van der Waals surface area contributed by atoms with Gasteiger partial charge in [-0.25, -0.2) is 0 Å². The van der Waals surface area contributed by atoms with E-state index < -0.39 is 16.1 Å². The first-order valence-corrected chi connectivity index (χ1v) is 30.0. The second-order valence-electron chi connectivity index (χ2n) is 17.4. The van der Waals surface area contributed by atoms with Crippen molar-refractivity contribution in [1.29, 1.82) is 0 Å². The van der Waals surface area contributed by atoms with Crippen LogP contribution in [0.5, 0.6) is 0 Å². The Morgan fingerprint density at radius 1 is 0.500 bits per heavy atom. The second-order valence-corrected chi connectivity index (χ2v) is 33.9. The molecule has 1 nitrogen and oxygen atoms in total. The fourth-order valence-electron chi connectivity index (χ4n) is 8.20. The summed E-state index contributed by atoms with van der Waals surface area (Å²) >= 11 is 0.